The maximum absolute atomic E-state index is 12.0. The first-order valence-electron chi connectivity index (χ1n) is 11.2. The zero-order valence-corrected chi connectivity index (χ0v) is 27.7. The third kappa shape index (κ3) is 14.8. The fourth-order valence-electron chi connectivity index (χ4n) is 2.94. The van der Waals surface area contributed by atoms with Gasteiger partial charge in [-0.3, -0.25) is 0 Å². The Morgan fingerprint density at radius 2 is 0.795 bits per heavy atom. The molecule has 1 saturated carbocycles. The summed E-state index contributed by atoms with van der Waals surface area (Å²) in [5.41, 5.74) is 0. The lowest BCUT2D eigenvalue weighted by Crippen LogP contribution is -2.71. The van der Waals surface area contributed by atoms with Crippen molar-refractivity contribution in [1.82, 2.24) is 4.90 Å². The van der Waals surface area contributed by atoms with Crippen LogP contribution in [0.1, 0.15) is 20.8 Å². The van der Waals surface area contributed by atoms with E-state index in [-0.39, 0.29) is 0 Å². The molecule has 266 valence electrons. The van der Waals surface area contributed by atoms with E-state index in [4.69, 9.17) is 19.6 Å². The summed E-state index contributed by atoms with van der Waals surface area (Å²) in [6.07, 6.45) is -13.5. The third-order valence-electron chi connectivity index (χ3n) is 4.83. The summed E-state index contributed by atoms with van der Waals surface area (Å²) in [5, 5.41) is 57.9. The van der Waals surface area contributed by atoms with Crippen LogP contribution >= 0.6 is 46.9 Å². The van der Waals surface area contributed by atoms with E-state index in [0.717, 1.165) is 0 Å². The number of phosphoric acid groups is 6. The highest BCUT2D eigenvalue weighted by Crippen LogP contribution is 2.75. The van der Waals surface area contributed by atoms with Crippen LogP contribution < -0.4 is 0 Å². The van der Waals surface area contributed by atoms with Gasteiger partial charge in [0.15, 0.2) is 0 Å². The Balaban J connectivity index is 0.00000234. The number of aliphatic hydroxyl groups is 6. The van der Waals surface area contributed by atoms with Crippen molar-refractivity contribution in [3.8, 4) is 0 Å². The van der Waals surface area contributed by atoms with Gasteiger partial charge in [0, 0.05) is 0 Å². The molecule has 13 N–H and O–H groups in total. The van der Waals surface area contributed by atoms with Crippen LogP contribution in [0, 0.1) is 0 Å². The van der Waals surface area contributed by atoms with E-state index >= 15 is 0 Å². The van der Waals surface area contributed by atoms with E-state index in [0.29, 0.717) is 0 Å². The summed E-state index contributed by atoms with van der Waals surface area (Å²) in [4.78, 5) is 65.2. The van der Waals surface area contributed by atoms with Crippen molar-refractivity contribution < 1.29 is 118 Å². The second kappa shape index (κ2) is 16.3. The zero-order valence-electron chi connectivity index (χ0n) is 22.4. The maximum atomic E-state index is 12.0. The summed E-state index contributed by atoms with van der Waals surface area (Å²) in [6, 6.07) is 0. The van der Waals surface area contributed by atoms with E-state index in [2.05, 4.69) is 51.7 Å². The van der Waals surface area contributed by atoms with E-state index in [1.54, 1.807) is 0 Å². The van der Waals surface area contributed by atoms with E-state index in [1.165, 1.54) is 19.6 Å². The van der Waals surface area contributed by atoms with Crippen LogP contribution in [0.5, 0.6) is 0 Å². The molecule has 0 saturated heterocycles. The molecule has 44 heavy (non-hydrogen) atoms. The lowest BCUT2D eigenvalue weighted by molar-refractivity contribution is -0.336. The molecule has 0 radical (unpaired) electrons. The molecule has 32 heteroatoms. The van der Waals surface area contributed by atoms with Gasteiger partial charge in [-0.15, -0.1) is 0 Å². The Labute approximate surface area is 247 Å². The van der Waals surface area contributed by atoms with Crippen LogP contribution in [0.15, 0.2) is 0 Å². The van der Waals surface area contributed by atoms with Gasteiger partial charge in [0.1, 0.15) is 30.5 Å². The van der Waals surface area contributed by atoms with Gasteiger partial charge in [-0.2, -0.15) is 21.6 Å². The molecule has 0 aromatic carbocycles. The van der Waals surface area contributed by atoms with Gasteiger partial charge in [-0.05, 0) is 19.6 Å². The fourth-order valence-corrected chi connectivity index (χ4v) is 10.5. The molecule has 0 bridgehead atoms. The minimum atomic E-state index is -6.59. The molecule has 1 aliphatic rings. The van der Waals surface area contributed by atoms with Crippen molar-refractivity contribution in [2.24, 2.45) is 0 Å². The fraction of sp³-hybridized carbons (Fsp3) is 1.00. The molecule has 0 amide bonds. The van der Waals surface area contributed by atoms with Gasteiger partial charge in [-0.1, -0.05) is 20.8 Å². The Morgan fingerprint density at radius 1 is 0.523 bits per heavy atom. The van der Waals surface area contributed by atoms with E-state index < -0.39 is 83.2 Å². The van der Waals surface area contributed by atoms with Crippen LogP contribution in [-0.4, -0.2) is 126 Å². The van der Waals surface area contributed by atoms with Crippen molar-refractivity contribution in [1.29, 1.82) is 0 Å². The number of rotatable bonds is 15. The molecule has 11 atom stereocenters. The second-order valence-electron chi connectivity index (χ2n) is 8.07. The highest BCUT2D eigenvalue weighted by molar-refractivity contribution is 7.72. The molecular weight excluding hydrogens is 744 g/mol. The van der Waals surface area contributed by atoms with Gasteiger partial charge in [-0.25, -0.2) is 31.9 Å². The summed E-state index contributed by atoms with van der Waals surface area (Å²) < 4.78 is 88.7. The smallest absolute Gasteiger partial charge is 0.387 e. The topological polar surface area (TPSA) is 424 Å². The maximum Gasteiger partial charge on any atom is 0.490 e. The van der Waals surface area contributed by atoms with Gasteiger partial charge < -0.3 is 69.8 Å². The Bertz CT molecular complexity index is 1210. The first-order valence-corrected chi connectivity index (χ1v) is 20.2. The van der Waals surface area contributed by atoms with E-state index in [1.807, 2.05) is 0 Å². The average molecular weight is 777 g/mol. The van der Waals surface area contributed by atoms with E-state index in [9.17, 15) is 72.7 Å². The highest BCUT2D eigenvalue weighted by atomic mass is 31.3. The summed E-state index contributed by atoms with van der Waals surface area (Å²) in [6.45, 7) is 10.1. The van der Waals surface area contributed by atoms with Crippen molar-refractivity contribution in [3.63, 3.8) is 0 Å². The molecule has 0 spiro atoms. The number of nitrogens with zero attached hydrogens (tertiary/aromatic N) is 1. The van der Waals surface area contributed by atoms with Crippen LogP contribution in [0.25, 0.3) is 0 Å². The third-order valence-corrected chi connectivity index (χ3v) is 13.6. The number of phosphoric ester groups is 1. The molecule has 0 aromatic heterocycles. The summed E-state index contributed by atoms with van der Waals surface area (Å²) in [5.74, 6) is -3.96. The largest absolute Gasteiger partial charge is 0.490 e. The Morgan fingerprint density at radius 3 is 1.05 bits per heavy atom. The molecule has 1 aliphatic carbocycles. The predicted molar refractivity (Wildman–Crippen MR) is 136 cm³/mol. The van der Waals surface area contributed by atoms with Crippen LogP contribution in [0.3, 0.4) is 0 Å². The van der Waals surface area contributed by atoms with Crippen molar-refractivity contribution in [2.75, 3.05) is 19.6 Å². The number of hydrogen-bond donors (Lipinski definition) is 13. The second-order valence-corrected chi connectivity index (χ2v) is 17.2. The van der Waals surface area contributed by atoms with Gasteiger partial charge in [0.2, 0.25) is 5.79 Å². The molecule has 7 unspecified atom stereocenters. The predicted octanol–water partition coefficient (Wildman–Crippen LogP) is -2.46. The first kappa shape index (κ1) is 44.6. The van der Waals surface area contributed by atoms with Gasteiger partial charge >= 0.3 is 46.9 Å². The Kier molecular flexibility index (Phi) is 16.5. The van der Waals surface area contributed by atoms with Gasteiger partial charge in [0.25, 0.3) is 0 Å². The molecule has 1 fully saturated rings. The lowest BCUT2D eigenvalue weighted by Gasteiger charge is -2.46. The number of hydrogen-bond acceptors (Lipinski definition) is 19. The minimum absolute atomic E-state index is 1.19. The van der Waals surface area contributed by atoms with Crippen LogP contribution in [0.4, 0.5) is 0 Å². The molecule has 1 rings (SSSR count). The number of aliphatic hydroxyl groups excluding tert-OH is 5. The molecule has 26 nitrogen and oxygen atoms in total. The molecule has 0 aromatic rings. The van der Waals surface area contributed by atoms with Gasteiger partial charge in [0.05, 0.1) is 0 Å². The average Bonchev–Trinajstić information content (AvgIpc) is 2.76. The molecule has 0 aliphatic heterocycles. The molecular formula is C12H33NO25P6. The SMILES string of the molecule is CCN(CC)CC.O=P(O)(O)OP(=O)(O)OP(=O)(O)OP(=O)(O)OP(=O)(O)OP(=O)(O)OC1(O)[C@H](O)[C@H](O)C(O)[C@H](O)[C@H]1O. The first-order chi connectivity index (χ1) is 19.4. The molecule has 0 heterocycles. The Hall–Kier alpha value is 0.580. The van der Waals surface area contributed by atoms with Crippen molar-refractivity contribution in [2.45, 2.75) is 57.1 Å². The normalized spacial score (nSPS) is 33.1. The van der Waals surface area contributed by atoms with Crippen LogP contribution in [-0.2, 0) is 53.5 Å². The highest BCUT2D eigenvalue weighted by Gasteiger charge is 2.62. The van der Waals surface area contributed by atoms with Crippen molar-refractivity contribution in [3.05, 3.63) is 0 Å². The lowest BCUT2D eigenvalue weighted by atomic mass is 9.82. The van der Waals surface area contributed by atoms with Crippen molar-refractivity contribution >= 4 is 46.9 Å². The summed E-state index contributed by atoms with van der Waals surface area (Å²) >= 11 is 0. The van der Waals surface area contributed by atoms with Crippen LogP contribution in [0.2, 0.25) is 0 Å². The summed E-state index contributed by atoms with van der Waals surface area (Å²) in [7, 11) is -38.3. The quantitative estimate of drug-likeness (QED) is 0.0605. The minimum Gasteiger partial charge on any atom is -0.387 e. The standard InChI is InChI=1S/C6H15N.C6H18O25P6/c1-4-7(5-2)6-3;7-1-2(8)4(10)6(12,5(11)3(1)9)26-33(16,17)28-35(20,21)30-37(24,25)31-36(22,23)29-34(18,19)27-32(13,14)15/h4-6H2,1-3H3;1-5,7-12H,(H,16,17)(H,18,19)(H,20,21)(H,22,23)(H,24,25)(H2,13,14,15)/t;1?,2-,3+,4-,5-,6?/m.1/s1. The monoisotopic (exact) mass is 777 g/mol. The zero-order chi connectivity index (χ0) is 35.3.